The summed E-state index contributed by atoms with van der Waals surface area (Å²) in [5.74, 6) is -0.0428. The Balaban J connectivity index is 1.78. The molecule has 0 aromatic heterocycles. The quantitative estimate of drug-likeness (QED) is 0.674. The number of benzene rings is 1. The van der Waals surface area contributed by atoms with Crippen molar-refractivity contribution >= 4 is 11.7 Å². The summed E-state index contributed by atoms with van der Waals surface area (Å²) in [6, 6.07) is 7.64. The van der Waals surface area contributed by atoms with Crippen molar-refractivity contribution in [1.29, 1.82) is 0 Å². The Hall–Kier alpha value is -1.72. The fourth-order valence-corrected chi connectivity index (χ4v) is 3.31. The van der Waals surface area contributed by atoms with Gasteiger partial charge in [0.1, 0.15) is 0 Å². The van der Waals surface area contributed by atoms with E-state index in [1.165, 1.54) is 5.56 Å². The third-order valence-electron chi connectivity index (χ3n) is 5.04. The summed E-state index contributed by atoms with van der Waals surface area (Å²) >= 11 is 0. The standard InChI is InChI=1S/C20H30N2O3/c1-3-16-4-6-17(7-5-16)18(23)8-9-19(24)22-14-20(15-25-2)10-12-21-13-11-20/h4-7,21H,3,8-15H2,1-2H3,(H,22,24). The molecule has 0 atom stereocenters. The van der Waals surface area contributed by atoms with E-state index in [1.807, 2.05) is 24.3 Å². The van der Waals surface area contributed by atoms with Gasteiger partial charge in [0.05, 0.1) is 6.61 Å². The van der Waals surface area contributed by atoms with Crippen molar-refractivity contribution in [3.05, 3.63) is 35.4 Å². The first-order valence-electron chi connectivity index (χ1n) is 9.17. The molecule has 0 unspecified atom stereocenters. The van der Waals surface area contributed by atoms with Crippen molar-refractivity contribution < 1.29 is 14.3 Å². The average molecular weight is 346 g/mol. The Bertz CT molecular complexity index is 557. The van der Waals surface area contributed by atoms with E-state index in [0.717, 1.165) is 32.4 Å². The molecule has 0 bridgehead atoms. The summed E-state index contributed by atoms with van der Waals surface area (Å²) in [5.41, 5.74) is 1.90. The summed E-state index contributed by atoms with van der Waals surface area (Å²) in [7, 11) is 1.70. The van der Waals surface area contributed by atoms with E-state index >= 15 is 0 Å². The molecule has 0 spiro atoms. The van der Waals surface area contributed by atoms with E-state index in [-0.39, 0.29) is 29.9 Å². The third-order valence-corrected chi connectivity index (χ3v) is 5.04. The highest BCUT2D eigenvalue weighted by molar-refractivity contribution is 5.97. The van der Waals surface area contributed by atoms with Crippen LogP contribution in [0, 0.1) is 5.41 Å². The fourth-order valence-electron chi connectivity index (χ4n) is 3.31. The van der Waals surface area contributed by atoms with E-state index in [9.17, 15) is 9.59 Å². The Kier molecular flexibility index (Phi) is 7.59. The van der Waals surface area contributed by atoms with Crippen LogP contribution >= 0.6 is 0 Å². The van der Waals surface area contributed by atoms with Gasteiger partial charge in [-0.25, -0.2) is 0 Å². The number of hydrogen-bond donors (Lipinski definition) is 2. The molecule has 1 aliphatic rings. The first-order chi connectivity index (χ1) is 12.1. The van der Waals surface area contributed by atoms with Crippen LogP contribution in [0.4, 0.5) is 0 Å². The molecule has 5 heteroatoms. The van der Waals surface area contributed by atoms with Gasteiger partial charge in [0.2, 0.25) is 5.91 Å². The lowest BCUT2D eigenvalue weighted by molar-refractivity contribution is -0.122. The highest BCUT2D eigenvalue weighted by atomic mass is 16.5. The Morgan fingerprint density at radius 1 is 1.16 bits per heavy atom. The first kappa shape index (κ1) is 19.6. The van der Waals surface area contributed by atoms with Crippen LogP contribution in [-0.2, 0) is 16.0 Å². The summed E-state index contributed by atoms with van der Waals surface area (Å²) in [4.78, 5) is 24.4. The van der Waals surface area contributed by atoms with Gasteiger partial charge in [-0.2, -0.15) is 0 Å². The van der Waals surface area contributed by atoms with Crippen LogP contribution in [0.1, 0.15) is 48.5 Å². The number of aryl methyl sites for hydroxylation is 1. The van der Waals surface area contributed by atoms with Crippen LogP contribution in [0.25, 0.3) is 0 Å². The third kappa shape index (κ3) is 5.94. The van der Waals surface area contributed by atoms with Gasteiger partial charge in [-0.3, -0.25) is 9.59 Å². The second-order valence-corrected chi connectivity index (χ2v) is 6.93. The molecule has 2 N–H and O–H groups in total. The molecule has 1 heterocycles. The molecule has 1 saturated heterocycles. The van der Waals surface area contributed by atoms with E-state index in [2.05, 4.69) is 17.6 Å². The van der Waals surface area contributed by atoms with E-state index in [0.29, 0.717) is 18.7 Å². The highest BCUT2D eigenvalue weighted by Crippen LogP contribution is 2.28. The first-order valence-corrected chi connectivity index (χ1v) is 9.17. The summed E-state index contributed by atoms with van der Waals surface area (Å²) in [6.45, 7) is 5.25. The molecule has 25 heavy (non-hydrogen) atoms. The van der Waals surface area contributed by atoms with Gasteiger partial charge in [-0.15, -0.1) is 0 Å². The van der Waals surface area contributed by atoms with Crippen LogP contribution < -0.4 is 10.6 Å². The number of Topliss-reactive ketones (excluding diaryl/α,β-unsaturated/α-hetero) is 1. The molecule has 0 saturated carbocycles. The fraction of sp³-hybridized carbons (Fsp3) is 0.600. The van der Waals surface area contributed by atoms with E-state index in [4.69, 9.17) is 4.74 Å². The molecule has 0 radical (unpaired) electrons. The lowest BCUT2D eigenvalue weighted by Crippen LogP contribution is -2.47. The second-order valence-electron chi connectivity index (χ2n) is 6.93. The molecule has 2 rings (SSSR count). The maximum Gasteiger partial charge on any atom is 0.220 e. The number of carbonyl (C=O) groups is 2. The monoisotopic (exact) mass is 346 g/mol. The number of hydrogen-bond acceptors (Lipinski definition) is 4. The number of amides is 1. The minimum Gasteiger partial charge on any atom is -0.384 e. The molecule has 1 amide bonds. The number of methoxy groups -OCH3 is 1. The van der Waals surface area contributed by atoms with E-state index < -0.39 is 0 Å². The zero-order valence-corrected chi connectivity index (χ0v) is 15.4. The largest absolute Gasteiger partial charge is 0.384 e. The summed E-state index contributed by atoms with van der Waals surface area (Å²) < 4.78 is 5.36. The van der Waals surface area contributed by atoms with Gasteiger partial charge in [0.15, 0.2) is 5.78 Å². The number of carbonyl (C=O) groups excluding carboxylic acids is 2. The predicted octanol–water partition coefficient (Wildman–Crippen LogP) is 2.34. The number of rotatable bonds is 9. The van der Waals surface area contributed by atoms with Gasteiger partial charge in [-0.1, -0.05) is 31.2 Å². The summed E-state index contributed by atoms with van der Waals surface area (Å²) in [5, 5.41) is 6.34. The highest BCUT2D eigenvalue weighted by Gasteiger charge is 2.32. The van der Waals surface area contributed by atoms with Crippen molar-refractivity contribution in [2.75, 3.05) is 33.4 Å². The van der Waals surface area contributed by atoms with Crippen LogP contribution in [0.3, 0.4) is 0 Å². The van der Waals surface area contributed by atoms with Crippen LogP contribution in [0.2, 0.25) is 0 Å². The number of ketones is 1. The minimum absolute atomic E-state index is 0.00958. The summed E-state index contributed by atoms with van der Waals surface area (Å²) in [6.07, 6.45) is 3.41. The number of ether oxygens (including phenoxy) is 1. The van der Waals surface area contributed by atoms with Crippen molar-refractivity contribution in [1.82, 2.24) is 10.6 Å². The zero-order chi connectivity index (χ0) is 18.1. The van der Waals surface area contributed by atoms with Crippen molar-refractivity contribution in [2.45, 2.75) is 39.0 Å². The second kappa shape index (κ2) is 9.68. The van der Waals surface area contributed by atoms with Crippen LogP contribution in [0.15, 0.2) is 24.3 Å². The zero-order valence-electron chi connectivity index (χ0n) is 15.4. The molecular formula is C20H30N2O3. The number of piperidine rings is 1. The lowest BCUT2D eigenvalue weighted by Gasteiger charge is -2.37. The smallest absolute Gasteiger partial charge is 0.220 e. The SMILES string of the molecule is CCc1ccc(C(=O)CCC(=O)NCC2(COC)CCNCC2)cc1. The maximum absolute atomic E-state index is 12.2. The van der Waals surface area contributed by atoms with Crippen molar-refractivity contribution in [2.24, 2.45) is 5.41 Å². The number of nitrogens with one attached hydrogen (secondary N) is 2. The Labute approximate surface area is 150 Å². The Morgan fingerprint density at radius 3 is 2.44 bits per heavy atom. The molecule has 1 aromatic rings. The molecular weight excluding hydrogens is 316 g/mol. The van der Waals surface area contributed by atoms with Gasteiger partial charge < -0.3 is 15.4 Å². The molecule has 0 aliphatic carbocycles. The van der Waals surface area contributed by atoms with Crippen LogP contribution in [-0.4, -0.2) is 45.0 Å². The van der Waals surface area contributed by atoms with Crippen molar-refractivity contribution in [3.63, 3.8) is 0 Å². The normalized spacial score (nSPS) is 16.4. The topological polar surface area (TPSA) is 67.4 Å². The molecule has 1 aromatic carbocycles. The molecule has 1 fully saturated rings. The average Bonchev–Trinajstić information content (AvgIpc) is 2.65. The molecule has 1 aliphatic heterocycles. The minimum atomic E-state index is -0.0625. The molecule has 138 valence electrons. The van der Waals surface area contributed by atoms with Gasteiger partial charge >= 0.3 is 0 Å². The van der Waals surface area contributed by atoms with Crippen molar-refractivity contribution in [3.8, 4) is 0 Å². The van der Waals surface area contributed by atoms with Gasteiger partial charge in [-0.05, 0) is 37.9 Å². The molecule has 5 nitrogen and oxygen atoms in total. The van der Waals surface area contributed by atoms with Crippen LogP contribution in [0.5, 0.6) is 0 Å². The lowest BCUT2D eigenvalue weighted by atomic mass is 9.79. The van der Waals surface area contributed by atoms with E-state index in [1.54, 1.807) is 7.11 Å². The predicted molar refractivity (Wildman–Crippen MR) is 98.8 cm³/mol. The van der Waals surface area contributed by atoms with Gasteiger partial charge in [0, 0.05) is 37.5 Å². The van der Waals surface area contributed by atoms with Gasteiger partial charge in [0.25, 0.3) is 0 Å². The maximum atomic E-state index is 12.2. The Morgan fingerprint density at radius 2 is 1.84 bits per heavy atom.